The van der Waals surface area contributed by atoms with E-state index >= 15 is 0 Å². The topological polar surface area (TPSA) is 24.5 Å². The average molecular weight is 226 g/mol. The number of nitrogens with one attached hydrogen (secondary N) is 1. The molecule has 0 bridgehead atoms. The summed E-state index contributed by atoms with van der Waals surface area (Å²) < 4.78 is 5.70. The average Bonchev–Trinajstić information content (AvgIpc) is 3.13. The first kappa shape index (κ1) is 12.3. The van der Waals surface area contributed by atoms with Crippen molar-refractivity contribution in [1.29, 1.82) is 0 Å². The Morgan fingerprint density at radius 2 is 2.12 bits per heavy atom. The fourth-order valence-electron chi connectivity index (χ4n) is 2.41. The van der Waals surface area contributed by atoms with Crippen molar-refractivity contribution < 1.29 is 4.74 Å². The van der Waals surface area contributed by atoms with Gasteiger partial charge in [-0.1, -0.05) is 0 Å². The van der Waals surface area contributed by atoms with Crippen LogP contribution in [-0.4, -0.2) is 49.8 Å². The van der Waals surface area contributed by atoms with Crippen molar-refractivity contribution in [2.24, 2.45) is 0 Å². The quantitative estimate of drug-likeness (QED) is 0.745. The Labute approximate surface area is 99.5 Å². The molecule has 2 rings (SSSR count). The summed E-state index contributed by atoms with van der Waals surface area (Å²) in [6.07, 6.45) is 7.08. The first-order valence-corrected chi connectivity index (χ1v) is 6.81. The van der Waals surface area contributed by atoms with Gasteiger partial charge in [-0.05, 0) is 46.1 Å². The van der Waals surface area contributed by atoms with Crippen LogP contribution in [0.15, 0.2) is 0 Å². The molecule has 3 nitrogen and oxygen atoms in total. The molecule has 0 aromatic heterocycles. The maximum Gasteiger partial charge on any atom is 0.0699 e. The maximum atomic E-state index is 5.70. The first-order chi connectivity index (χ1) is 7.77. The zero-order valence-electron chi connectivity index (χ0n) is 10.7. The number of hydrogen-bond acceptors (Lipinski definition) is 3. The van der Waals surface area contributed by atoms with E-state index in [9.17, 15) is 0 Å². The van der Waals surface area contributed by atoms with E-state index in [1.54, 1.807) is 0 Å². The molecule has 1 saturated heterocycles. The van der Waals surface area contributed by atoms with E-state index in [2.05, 4.69) is 24.2 Å². The van der Waals surface area contributed by atoms with Gasteiger partial charge in [-0.2, -0.15) is 0 Å². The Kier molecular flexibility index (Phi) is 4.62. The maximum absolute atomic E-state index is 5.70. The van der Waals surface area contributed by atoms with E-state index in [0.29, 0.717) is 12.1 Å². The third-order valence-corrected chi connectivity index (χ3v) is 3.90. The highest BCUT2D eigenvalue weighted by Crippen LogP contribution is 2.26. The highest BCUT2D eigenvalue weighted by atomic mass is 16.5. The number of rotatable bonds is 6. The lowest BCUT2D eigenvalue weighted by Crippen LogP contribution is -2.42. The fraction of sp³-hybridized carbons (Fsp3) is 1.00. The van der Waals surface area contributed by atoms with Crippen LogP contribution in [-0.2, 0) is 4.74 Å². The zero-order valence-corrected chi connectivity index (χ0v) is 10.7. The van der Waals surface area contributed by atoms with Crippen LogP contribution < -0.4 is 5.32 Å². The smallest absolute Gasteiger partial charge is 0.0699 e. The van der Waals surface area contributed by atoms with Gasteiger partial charge in [0, 0.05) is 31.8 Å². The fourth-order valence-corrected chi connectivity index (χ4v) is 2.41. The van der Waals surface area contributed by atoms with E-state index in [1.807, 2.05) is 0 Å². The summed E-state index contributed by atoms with van der Waals surface area (Å²) in [5.74, 6) is 0. The van der Waals surface area contributed by atoms with Crippen LogP contribution in [0.3, 0.4) is 0 Å². The largest absolute Gasteiger partial charge is 0.377 e. The predicted octanol–water partition coefficient (Wildman–Crippen LogP) is 1.63. The van der Waals surface area contributed by atoms with Crippen molar-refractivity contribution in [2.75, 3.05) is 26.7 Å². The van der Waals surface area contributed by atoms with Gasteiger partial charge >= 0.3 is 0 Å². The van der Waals surface area contributed by atoms with E-state index in [-0.39, 0.29) is 0 Å². The second-order valence-corrected chi connectivity index (χ2v) is 5.39. The minimum Gasteiger partial charge on any atom is -0.377 e. The lowest BCUT2D eigenvalue weighted by molar-refractivity contribution is 0.0162. The van der Waals surface area contributed by atoms with Gasteiger partial charge < -0.3 is 10.1 Å². The Balaban J connectivity index is 1.55. The molecule has 94 valence electrons. The number of nitrogens with zero attached hydrogens (tertiary/aromatic N) is 1. The number of ether oxygens (including phenoxy) is 1. The second kappa shape index (κ2) is 5.99. The summed E-state index contributed by atoms with van der Waals surface area (Å²) in [6.45, 7) is 5.40. The van der Waals surface area contributed by atoms with E-state index in [1.165, 1.54) is 32.1 Å². The van der Waals surface area contributed by atoms with Crippen molar-refractivity contribution in [3.63, 3.8) is 0 Å². The lowest BCUT2D eigenvalue weighted by Gasteiger charge is -2.27. The van der Waals surface area contributed by atoms with Crippen LogP contribution in [0.1, 0.15) is 39.0 Å². The molecule has 2 atom stereocenters. The summed E-state index contributed by atoms with van der Waals surface area (Å²) in [5, 5.41) is 3.55. The SMILES string of the molecule is CC(CNCC1CCCCO1)N(C)C1CC1. The normalized spacial score (nSPS) is 28.3. The summed E-state index contributed by atoms with van der Waals surface area (Å²) in [5.41, 5.74) is 0. The van der Waals surface area contributed by atoms with Crippen molar-refractivity contribution in [3.05, 3.63) is 0 Å². The van der Waals surface area contributed by atoms with Crippen molar-refractivity contribution in [2.45, 2.75) is 57.2 Å². The van der Waals surface area contributed by atoms with E-state index in [0.717, 1.165) is 25.7 Å². The molecule has 1 aliphatic heterocycles. The summed E-state index contributed by atoms with van der Waals surface area (Å²) >= 11 is 0. The third-order valence-electron chi connectivity index (χ3n) is 3.90. The molecule has 2 fully saturated rings. The van der Waals surface area contributed by atoms with Crippen LogP contribution in [0.4, 0.5) is 0 Å². The van der Waals surface area contributed by atoms with Gasteiger partial charge in [-0.15, -0.1) is 0 Å². The molecule has 0 spiro atoms. The van der Waals surface area contributed by atoms with Crippen LogP contribution in [0.5, 0.6) is 0 Å². The Morgan fingerprint density at radius 1 is 1.31 bits per heavy atom. The van der Waals surface area contributed by atoms with Gasteiger partial charge in [0.2, 0.25) is 0 Å². The molecule has 2 aliphatic rings. The lowest BCUT2D eigenvalue weighted by atomic mass is 10.1. The molecule has 3 heteroatoms. The molecule has 1 N–H and O–H groups in total. The molecule has 0 amide bonds. The van der Waals surface area contributed by atoms with Crippen LogP contribution in [0, 0.1) is 0 Å². The standard InChI is InChI=1S/C13H26N2O/c1-11(15(2)12-6-7-12)9-14-10-13-5-3-4-8-16-13/h11-14H,3-10H2,1-2H3. The molecule has 0 radical (unpaired) electrons. The molecule has 1 saturated carbocycles. The molecule has 16 heavy (non-hydrogen) atoms. The second-order valence-electron chi connectivity index (χ2n) is 5.39. The molecular weight excluding hydrogens is 200 g/mol. The van der Waals surface area contributed by atoms with Crippen LogP contribution in [0.2, 0.25) is 0 Å². The minimum absolute atomic E-state index is 0.465. The van der Waals surface area contributed by atoms with Gasteiger partial charge in [0.25, 0.3) is 0 Å². The highest BCUT2D eigenvalue weighted by molar-refractivity contribution is 4.85. The van der Waals surface area contributed by atoms with Crippen molar-refractivity contribution in [1.82, 2.24) is 10.2 Å². The van der Waals surface area contributed by atoms with E-state index < -0.39 is 0 Å². The minimum atomic E-state index is 0.465. The summed E-state index contributed by atoms with van der Waals surface area (Å²) in [4.78, 5) is 2.51. The van der Waals surface area contributed by atoms with E-state index in [4.69, 9.17) is 4.74 Å². The first-order valence-electron chi connectivity index (χ1n) is 6.81. The van der Waals surface area contributed by atoms with Gasteiger partial charge in [0.05, 0.1) is 6.10 Å². The number of likely N-dealkylation sites (N-methyl/N-ethyl adjacent to an activating group) is 1. The molecule has 1 aliphatic carbocycles. The molecule has 1 heterocycles. The Morgan fingerprint density at radius 3 is 2.75 bits per heavy atom. The van der Waals surface area contributed by atoms with Gasteiger partial charge in [0.15, 0.2) is 0 Å². The highest BCUT2D eigenvalue weighted by Gasteiger charge is 2.28. The molecule has 2 unspecified atom stereocenters. The van der Waals surface area contributed by atoms with Gasteiger partial charge in [-0.3, -0.25) is 4.90 Å². The van der Waals surface area contributed by atoms with Gasteiger partial charge in [0.1, 0.15) is 0 Å². The predicted molar refractivity (Wildman–Crippen MR) is 66.7 cm³/mol. The van der Waals surface area contributed by atoms with Crippen LogP contribution in [0.25, 0.3) is 0 Å². The Bertz CT molecular complexity index is 200. The zero-order chi connectivity index (χ0) is 11.4. The third kappa shape index (κ3) is 3.72. The summed E-state index contributed by atoms with van der Waals surface area (Å²) in [6, 6.07) is 1.51. The van der Waals surface area contributed by atoms with Crippen LogP contribution >= 0.6 is 0 Å². The van der Waals surface area contributed by atoms with Gasteiger partial charge in [-0.25, -0.2) is 0 Å². The molecule has 0 aromatic carbocycles. The Hall–Kier alpha value is -0.120. The van der Waals surface area contributed by atoms with Crippen molar-refractivity contribution in [3.8, 4) is 0 Å². The van der Waals surface area contributed by atoms with Crippen molar-refractivity contribution >= 4 is 0 Å². The number of hydrogen-bond donors (Lipinski definition) is 1. The summed E-state index contributed by atoms with van der Waals surface area (Å²) in [7, 11) is 2.25. The monoisotopic (exact) mass is 226 g/mol. The molecule has 0 aromatic rings. The molecular formula is C13H26N2O.